The first-order chi connectivity index (χ1) is 12.5. The fourth-order valence-corrected chi connectivity index (χ4v) is 3.21. The van der Waals surface area contributed by atoms with E-state index in [1.165, 1.54) is 0 Å². The molecule has 3 rings (SSSR count). The predicted octanol–water partition coefficient (Wildman–Crippen LogP) is 3.34. The third-order valence-corrected chi connectivity index (χ3v) is 4.95. The molecule has 1 aliphatic heterocycles. The van der Waals surface area contributed by atoms with Crippen molar-refractivity contribution >= 4 is 33.5 Å². The molecule has 1 amide bonds. The monoisotopic (exact) mass is 416 g/mol. The number of amides is 1. The molecule has 1 aliphatic rings. The number of para-hydroxylation sites is 1. The highest BCUT2D eigenvalue weighted by Gasteiger charge is 2.27. The molecule has 1 atom stereocenters. The van der Waals surface area contributed by atoms with Gasteiger partial charge >= 0.3 is 5.97 Å². The molecule has 0 aliphatic carbocycles. The third-order valence-electron chi connectivity index (χ3n) is 4.42. The summed E-state index contributed by atoms with van der Waals surface area (Å²) in [6, 6.07) is 17.0. The number of hydrogen-bond acceptors (Lipinski definition) is 4. The van der Waals surface area contributed by atoms with Crippen LogP contribution in [0.3, 0.4) is 0 Å². The molecule has 1 unspecified atom stereocenters. The minimum atomic E-state index is -0.797. The lowest BCUT2D eigenvalue weighted by Gasteiger charge is -2.37. The van der Waals surface area contributed by atoms with Gasteiger partial charge in [0.05, 0.1) is 5.56 Å². The zero-order valence-electron chi connectivity index (χ0n) is 14.6. The van der Waals surface area contributed by atoms with E-state index in [9.17, 15) is 9.59 Å². The zero-order chi connectivity index (χ0) is 18.5. The van der Waals surface area contributed by atoms with Crippen LogP contribution in [0.5, 0.6) is 0 Å². The highest BCUT2D eigenvalue weighted by Crippen LogP contribution is 2.17. The van der Waals surface area contributed by atoms with Gasteiger partial charge in [-0.15, -0.1) is 0 Å². The first-order valence-corrected chi connectivity index (χ1v) is 9.39. The van der Waals surface area contributed by atoms with Gasteiger partial charge in [-0.2, -0.15) is 0 Å². The molecule has 0 saturated carbocycles. The summed E-state index contributed by atoms with van der Waals surface area (Å²) >= 11 is 3.33. The van der Waals surface area contributed by atoms with Crippen molar-refractivity contribution in [2.45, 2.75) is 13.0 Å². The number of piperazine rings is 1. The molecule has 1 fully saturated rings. The molecule has 2 aromatic rings. The van der Waals surface area contributed by atoms with Gasteiger partial charge in [0.25, 0.3) is 5.91 Å². The molecule has 1 saturated heterocycles. The van der Waals surface area contributed by atoms with Gasteiger partial charge in [0.15, 0.2) is 6.10 Å². The van der Waals surface area contributed by atoms with Crippen LogP contribution in [0.1, 0.15) is 17.3 Å². The predicted molar refractivity (Wildman–Crippen MR) is 104 cm³/mol. The number of anilines is 1. The van der Waals surface area contributed by atoms with Crippen molar-refractivity contribution < 1.29 is 14.3 Å². The lowest BCUT2D eigenvalue weighted by Crippen LogP contribution is -2.51. The van der Waals surface area contributed by atoms with Crippen LogP contribution in [0.4, 0.5) is 5.69 Å². The van der Waals surface area contributed by atoms with Crippen molar-refractivity contribution in [3.63, 3.8) is 0 Å². The van der Waals surface area contributed by atoms with Gasteiger partial charge in [-0.05, 0) is 43.3 Å². The Morgan fingerprint density at radius 3 is 2.19 bits per heavy atom. The zero-order valence-corrected chi connectivity index (χ0v) is 16.2. The Balaban J connectivity index is 1.53. The standard InChI is InChI=1S/C20H21BrN2O3/c1-15(26-20(25)16-7-9-17(21)10-8-16)19(24)23-13-11-22(12-14-23)18-5-3-2-4-6-18/h2-10,15H,11-14H2,1H3. The number of rotatable bonds is 4. The fourth-order valence-electron chi connectivity index (χ4n) is 2.95. The molecule has 0 bridgehead atoms. The van der Waals surface area contributed by atoms with Gasteiger partial charge in [0, 0.05) is 36.3 Å². The Morgan fingerprint density at radius 2 is 1.58 bits per heavy atom. The number of carbonyl (C=O) groups excluding carboxylic acids is 2. The van der Waals surface area contributed by atoms with Crippen LogP contribution >= 0.6 is 15.9 Å². The number of carbonyl (C=O) groups is 2. The minimum absolute atomic E-state index is 0.150. The SMILES string of the molecule is CC(OC(=O)c1ccc(Br)cc1)C(=O)N1CCN(c2ccccc2)CC1. The van der Waals surface area contributed by atoms with E-state index in [1.54, 1.807) is 36.1 Å². The first-order valence-electron chi connectivity index (χ1n) is 8.60. The van der Waals surface area contributed by atoms with Crippen molar-refractivity contribution in [3.8, 4) is 0 Å². The summed E-state index contributed by atoms with van der Waals surface area (Å²) < 4.78 is 6.23. The lowest BCUT2D eigenvalue weighted by molar-refractivity contribution is -0.140. The average molecular weight is 417 g/mol. The number of nitrogens with zero attached hydrogens (tertiary/aromatic N) is 2. The summed E-state index contributed by atoms with van der Waals surface area (Å²) in [6.07, 6.45) is -0.797. The molecular formula is C20H21BrN2O3. The second kappa shape index (κ2) is 8.36. The van der Waals surface area contributed by atoms with E-state index in [-0.39, 0.29) is 5.91 Å². The van der Waals surface area contributed by atoms with E-state index in [2.05, 4.69) is 33.0 Å². The molecule has 6 heteroatoms. The Morgan fingerprint density at radius 1 is 0.962 bits per heavy atom. The van der Waals surface area contributed by atoms with Crippen LogP contribution in [0, 0.1) is 0 Å². The Labute approximate surface area is 161 Å². The van der Waals surface area contributed by atoms with Crippen LogP contribution in [0.2, 0.25) is 0 Å². The summed E-state index contributed by atoms with van der Waals surface area (Å²) in [5, 5.41) is 0. The summed E-state index contributed by atoms with van der Waals surface area (Å²) in [6.45, 7) is 4.40. The minimum Gasteiger partial charge on any atom is -0.449 e. The normalized spacial score (nSPS) is 15.5. The number of benzene rings is 2. The molecule has 5 nitrogen and oxygen atoms in total. The van der Waals surface area contributed by atoms with Crippen LogP contribution in [0.25, 0.3) is 0 Å². The van der Waals surface area contributed by atoms with E-state index in [4.69, 9.17) is 4.74 Å². The highest BCUT2D eigenvalue weighted by molar-refractivity contribution is 9.10. The van der Waals surface area contributed by atoms with Gasteiger partial charge in [-0.3, -0.25) is 4.79 Å². The first kappa shape index (κ1) is 18.5. The Bertz CT molecular complexity index is 756. The van der Waals surface area contributed by atoms with Gasteiger partial charge in [0.2, 0.25) is 0 Å². The molecule has 0 spiro atoms. The van der Waals surface area contributed by atoms with Gasteiger partial charge < -0.3 is 14.5 Å². The molecule has 2 aromatic carbocycles. The fraction of sp³-hybridized carbons (Fsp3) is 0.300. The van der Waals surface area contributed by atoms with Crippen LogP contribution in [-0.2, 0) is 9.53 Å². The van der Waals surface area contributed by atoms with Gasteiger partial charge in [-0.25, -0.2) is 4.79 Å². The third kappa shape index (κ3) is 4.43. The van der Waals surface area contributed by atoms with Crippen LogP contribution in [-0.4, -0.2) is 49.1 Å². The number of ether oxygens (including phenoxy) is 1. The van der Waals surface area contributed by atoms with E-state index >= 15 is 0 Å². The number of hydrogen-bond donors (Lipinski definition) is 0. The number of halogens is 1. The van der Waals surface area contributed by atoms with Crippen LogP contribution in [0.15, 0.2) is 59.1 Å². The summed E-state index contributed by atoms with van der Waals surface area (Å²) in [5.74, 6) is -0.635. The maximum atomic E-state index is 12.6. The van der Waals surface area contributed by atoms with Crippen molar-refractivity contribution in [1.82, 2.24) is 4.90 Å². The molecule has 0 radical (unpaired) electrons. The topological polar surface area (TPSA) is 49.9 Å². The summed E-state index contributed by atoms with van der Waals surface area (Å²) in [5.41, 5.74) is 1.59. The van der Waals surface area contributed by atoms with E-state index < -0.39 is 12.1 Å². The van der Waals surface area contributed by atoms with E-state index in [0.29, 0.717) is 18.7 Å². The van der Waals surface area contributed by atoms with Gasteiger partial charge in [0.1, 0.15) is 0 Å². The molecule has 136 valence electrons. The molecular weight excluding hydrogens is 396 g/mol. The smallest absolute Gasteiger partial charge is 0.338 e. The summed E-state index contributed by atoms with van der Waals surface area (Å²) in [4.78, 5) is 28.8. The van der Waals surface area contributed by atoms with E-state index in [0.717, 1.165) is 23.2 Å². The van der Waals surface area contributed by atoms with Gasteiger partial charge in [-0.1, -0.05) is 34.1 Å². The Kier molecular flexibility index (Phi) is 5.93. The summed E-state index contributed by atoms with van der Waals surface area (Å²) in [7, 11) is 0. The van der Waals surface area contributed by atoms with Crippen molar-refractivity contribution in [3.05, 3.63) is 64.6 Å². The molecule has 26 heavy (non-hydrogen) atoms. The molecule has 0 N–H and O–H groups in total. The van der Waals surface area contributed by atoms with Crippen molar-refractivity contribution in [1.29, 1.82) is 0 Å². The van der Waals surface area contributed by atoms with E-state index in [1.807, 2.05) is 18.2 Å². The quantitative estimate of drug-likeness (QED) is 0.717. The lowest BCUT2D eigenvalue weighted by atomic mass is 10.2. The van der Waals surface area contributed by atoms with Crippen molar-refractivity contribution in [2.75, 3.05) is 31.1 Å². The second-order valence-corrected chi connectivity index (χ2v) is 7.12. The second-order valence-electron chi connectivity index (χ2n) is 6.20. The molecule has 1 heterocycles. The maximum absolute atomic E-state index is 12.6. The maximum Gasteiger partial charge on any atom is 0.338 e. The number of esters is 1. The van der Waals surface area contributed by atoms with Crippen LogP contribution < -0.4 is 4.90 Å². The average Bonchev–Trinajstić information content (AvgIpc) is 2.68. The highest BCUT2D eigenvalue weighted by atomic mass is 79.9. The molecule has 0 aromatic heterocycles. The van der Waals surface area contributed by atoms with Crippen molar-refractivity contribution in [2.24, 2.45) is 0 Å². The largest absolute Gasteiger partial charge is 0.449 e. The Hall–Kier alpha value is -2.34.